The summed E-state index contributed by atoms with van der Waals surface area (Å²) in [4.78, 5) is 35.5. The summed E-state index contributed by atoms with van der Waals surface area (Å²) in [6.45, 7) is 14.2. The first-order valence-corrected chi connectivity index (χ1v) is 13.3. The summed E-state index contributed by atoms with van der Waals surface area (Å²) in [5, 5.41) is 0. The van der Waals surface area contributed by atoms with Crippen LogP contribution in [0.25, 0.3) is 0 Å². The van der Waals surface area contributed by atoms with Gasteiger partial charge in [0.25, 0.3) is 0 Å². The number of hydrogen-bond acceptors (Lipinski definition) is 5. The van der Waals surface area contributed by atoms with E-state index in [1.54, 1.807) is 0 Å². The Morgan fingerprint density at radius 1 is 1.06 bits per heavy atom. The number of likely N-dealkylation sites (N-methyl/N-ethyl adjacent to an activating group) is 1. The molecule has 1 saturated carbocycles. The Kier molecular flexibility index (Phi) is 8.66. The van der Waals surface area contributed by atoms with Crippen LogP contribution < -0.4 is 0 Å². The highest BCUT2D eigenvalue weighted by atomic mass is 16.2. The molecule has 0 radical (unpaired) electrons. The molecule has 3 aliphatic rings. The molecule has 0 aromatic carbocycles. The zero-order chi connectivity index (χ0) is 24.4. The molecule has 3 rings (SSSR count). The van der Waals surface area contributed by atoms with Crippen LogP contribution in [0.3, 0.4) is 0 Å². The number of likely N-dealkylation sites (tertiary alicyclic amines) is 1. The lowest BCUT2D eigenvalue weighted by Crippen LogP contribution is -2.67. The first-order valence-electron chi connectivity index (χ1n) is 13.3. The number of carbonyl (C=O) groups is 2. The zero-order valence-electron chi connectivity index (χ0n) is 22.5. The second-order valence-electron chi connectivity index (χ2n) is 12.7. The standard InChI is InChI=1S/C27H50N4O2/c1-21(2)14-24-25(33)31(13-12-29(24)7)27(20-32,15-22(3)4)19-30-10-8-26(9-11-30)16-23(17-26)18-28(5)6/h20-24H,8-19H2,1-7H3/t24-,27+/m0/s1. The maximum atomic E-state index is 13.7. The zero-order valence-corrected chi connectivity index (χ0v) is 22.5. The number of piperidine rings is 1. The van der Waals surface area contributed by atoms with Gasteiger partial charge >= 0.3 is 0 Å². The number of carbonyl (C=O) groups excluding carboxylic acids is 2. The lowest BCUT2D eigenvalue weighted by molar-refractivity contribution is -0.155. The molecular formula is C27H50N4O2. The topological polar surface area (TPSA) is 47.1 Å². The third-order valence-corrected chi connectivity index (χ3v) is 8.45. The van der Waals surface area contributed by atoms with E-state index in [1.165, 1.54) is 32.2 Å². The maximum absolute atomic E-state index is 13.7. The molecular weight excluding hydrogens is 412 g/mol. The molecule has 0 aromatic rings. The summed E-state index contributed by atoms with van der Waals surface area (Å²) in [5.41, 5.74) is -0.176. The number of aldehydes is 1. The Morgan fingerprint density at radius 3 is 2.21 bits per heavy atom. The summed E-state index contributed by atoms with van der Waals surface area (Å²) in [7, 11) is 6.40. The van der Waals surface area contributed by atoms with E-state index >= 15 is 0 Å². The number of rotatable bonds is 10. The van der Waals surface area contributed by atoms with Crippen LogP contribution >= 0.6 is 0 Å². The van der Waals surface area contributed by atoms with Crippen molar-refractivity contribution in [2.24, 2.45) is 23.2 Å². The van der Waals surface area contributed by atoms with Crippen LogP contribution in [0.1, 0.15) is 66.2 Å². The highest BCUT2D eigenvalue weighted by Gasteiger charge is 2.49. The largest absolute Gasteiger partial charge is 0.326 e. The Morgan fingerprint density at radius 2 is 1.70 bits per heavy atom. The van der Waals surface area contributed by atoms with E-state index in [4.69, 9.17) is 0 Å². The predicted octanol–water partition coefficient (Wildman–Crippen LogP) is 3.21. The van der Waals surface area contributed by atoms with Gasteiger partial charge in [-0.1, -0.05) is 27.7 Å². The molecule has 0 aromatic heterocycles. The van der Waals surface area contributed by atoms with Crippen LogP contribution in [0, 0.1) is 23.2 Å². The minimum atomic E-state index is -0.709. The summed E-state index contributed by atoms with van der Waals surface area (Å²) in [5.74, 6) is 1.82. The first kappa shape index (κ1) is 26.6. The van der Waals surface area contributed by atoms with E-state index in [-0.39, 0.29) is 11.9 Å². The van der Waals surface area contributed by atoms with E-state index in [2.05, 4.69) is 63.5 Å². The van der Waals surface area contributed by atoms with Crippen molar-refractivity contribution in [2.75, 3.05) is 60.4 Å². The third-order valence-electron chi connectivity index (χ3n) is 8.45. The van der Waals surface area contributed by atoms with Gasteiger partial charge in [0.15, 0.2) is 0 Å². The molecule has 2 atom stereocenters. The molecule has 0 bridgehead atoms. The molecule has 0 unspecified atom stereocenters. The first-order chi connectivity index (χ1) is 15.5. The average molecular weight is 463 g/mol. The van der Waals surface area contributed by atoms with Crippen molar-refractivity contribution in [1.29, 1.82) is 0 Å². The van der Waals surface area contributed by atoms with Gasteiger partial charge in [-0.25, -0.2) is 0 Å². The molecule has 2 aliphatic heterocycles. The van der Waals surface area contributed by atoms with Gasteiger partial charge < -0.3 is 19.5 Å². The van der Waals surface area contributed by atoms with Crippen LogP contribution in [0.2, 0.25) is 0 Å². The number of hydrogen-bond donors (Lipinski definition) is 0. The molecule has 6 heteroatoms. The Balaban J connectivity index is 1.69. The van der Waals surface area contributed by atoms with Gasteiger partial charge in [0.2, 0.25) is 5.91 Å². The van der Waals surface area contributed by atoms with E-state index < -0.39 is 5.54 Å². The monoisotopic (exact) mass is 462 g/mol. The van der Waals surface area contributed by atoms with Gasteiger partial charge in [0, 0.05) is 26.2 Å². The van der Waals surface area contributed by atoms with Gasteiger partial charge in [-0.2, -0.15) is 0 Å². The number of nitrogens with zero attached hydrogens (tertiary/aromatic N) is 4. The fourth-order valence-electron chi connectivity index (χ4n) is 6.97. The number of amides is 1. The SMILES string of the molecule is CC(C)C[C@H]1C(=O)N([C@](C=O)(CC(C)C)CN2CCC3(CC2)CC(CN(C)C)C3)CCN1C. The molecule has 1 spiro atoms. The van der Waals surface area contributed by atoms with Crippen LogP contribution in [0.5, 0.6) is 0 Å². The quantitative estimate of drug-likeness (QED) is 0.467. The molecule has 6 nitrogen and oxygen atoms in total. The second-order valence-corrected chi connectivity index (χ2v) is 12.7. The normalized spacial score (nSPS) is 26.9. The molecule has 33 heavy (non-hydrogen) atoms. The average Bonchev–Trinajstić information content (AvgIpc) is 2.70. The van der Waals surface area contributed by atoms with E-state index in [1.807, 2.05) is 4.90 Å². The molecule has 2 heterocycles. The molecule has 190 valence electrons. The third kappa shape index (κ3) is 6.18. The Hall–Kier alpha value is -0.980. The highest BCUT2D eigenvalue weighted by molar-refractivity contribution is 5.87. The van der Waals surface area contributed by atoms with Crippen molar-refractivity contribution in [3.63, 3.8) is 0 Å². The molecule has 3 fully saturated rings. The maximum Gasteiger partial charge on any atom is 0.240 e. The lowest BCUT2D eigenvalue weighted by atomic mass is 9.57. The molecule has 1 amide bonds. The minimum absolute atomic E-state index is 0.113. The lowest BCUT2D eigenvalue weighted by Gasteiger charge is -2.55. The molecule has 1 aliphatic carbocycles. The van der Waals surface area contributed by atoms with Crippen LogP contribution in [-0.2, 0) is 9.59 Å². The van der Waals surface area contributed by atoms with Crippen molar-refractivity contribution < 1.29 is 9.59 Å². The van der Waals surface area contributed by atoms with Gasteiger partial charge in [0.1, 0.15) is 11.8 Å². The summed E-state index contributed by atoms with van der Waals surface area (Å²) < 4.78 is 0. The minimum Gasteiger partial charge on any atom is -0.326 e. The summed E-state index contributed by atoms with van der Waals surface area (Å²) >= 11 is 0. The van der Waals surface area contributed by atoms with E-state index in [9.17, 15) is 9.59 Å². The fourth-order valence-corrected chi connectivity index (χ4v) is 6.97. The van der Waals surface area contributed by atoms with E-state index in [0.717, 1.165) is 44.7 Å². The van der Waals surface area contributed by atoms with Crippen molar-refractivity contribution in [2.45, 2.75) is 77.8 Å². The van der Waals surface area contributed by atoms with Crippen molar-refractivity contribution in [3.05, 3.63) is 0 Å². The number of piperazine rings is 1. The van der Waals surface area contributed by atoms with Crippen molar-refractivity contribution in [1.82, 2.24) is 19.6 Å². The molecule has 2 saturated heterocycles. The summed E-state index contributed by atoms with van der Waals surface area (Å²) in [6.07, 6.45) is 7.91. The Bertz CT molecular complexity index is 663. The van der Waals surface area contributed by atoms with Crippen LogP contribution in [0.4, 0.5) is 0 Å². The van der Waals surface area contributed by atoms with E-state index in [0.29, 0.717) is 30.3 Å². The fraction of sp³-hybridized carbons (Fsp3) is 0.926. The molecule has 0 N–H and O–H groups in total. The highest BCUT2D eigenvalue weighted by Crippen LogP contribution is 2.52. The van der Waals surface area contributed by atoms with Gasteiger partial charge in [-0.3, -0.25) is 9.69 Å². The van der Waals surface area contributed by atoms with Crippen molar-refractivity contribution >= 4 is 12.2 Å². The van der Waals surface area contributed by atoms with Gasteiger partial charge in [-0.15, -0.1) is 0 Å². The van der Waals surface area contributed by atoms with Gasteiger partial charge in [-0.05, 0) is 95.9 Å². The predicted molar refractivity (Wildman–Crippen MR) is 135 cm³/mol. The van der Waals surface area contributed by atoms with Crippen LogP contribution in [0.15, 0.2) is 0 Å². The smallest absolute Gasteiger partial charge is 0.240 e. The van der Waals surface area contributed by atoms with Crippen LogP contribution in [-0.4, -0.2) is 104 Å². The van der Waals surface area contributed by atoms with Crippen molar-refractivity contribution in [3.8, 4) is 0 Å². The second kappa shape index (κ2) is 10.7. The van der Waals surface area contributed by atoms with Gasteiger partial charge in [0.05, 0.1) is 6.04 Å². The summed E-state index contributed by atoms with van der Waals surface area (Å²) in [6, 6.07) is -0.113. The Labute approximate surface area is 203 Å².